The predicted octanol–water partition coefficient (Wildman–Crippen LogP) is 4.83. The van der Waals surface area contributed by atoms with E-state index in [9.17, 15) is 14.3 Å². The lowest BCUT2D eigenvalue weighted by Crippen LogP contribution is -2.07. The molecule has 0 aliphatic rings. The number of fused-ring (bicyclic) bond motifs is 1. The molecular weight excluding hydrogens is 279 g/mol. The Morgan fingerprint density at radius 3 is 2.36 bits per heavy atom. The monoisotopic (exact) mass is 294 g/mol. The Bertz CT molecular complexity index is 838. The van der Waals surface area contributed by atoms with Crippen molar-refractivity contribution in [2.45, 2.75) is 12.8 Å². The summed E-state index contributed by atoms with van der Waals surface area (Å²) in [5.41, 5.74) is 1.94. The van der Waals surface area contributed by atoms with E-state index in [0.29, 0.717) is 5.56 Å². The molecule has 0 aliphatic heterocycles. The van der Waals surface area contributed by atoms with Crippen LogP contribution in [0.1, 0.15) is 34.3 Å². The van der Waals surface area contributed by atoms with Crippen molar-refractivity contribution in [3.05, 3.63) is 83.2 Å². The molecule has 0 aromatic heterocycles. The molecule has 0 amide bonds. The van der Waals surface area contributed by atoms with Gasteiger partial charge in [0.15, 0.2) is 0 Å². The van der Waals surface area contributed by atoms with E-state index in [0.717, 1.165) is 21.9 Å². The van der Waals surface area contributed by atoms with E-state index in [1.54, 1.807) is 12.1 Å². The van der Waals surface area contributed by atoms with Gasteiger partial charge in [0.05, 0.1) is 5.56 Å². The zero-order valence-electron chi connectivity index (χ0n) is 12.1. The molecule has 0 fully saturated rings. The summed E-state index contributed by atoms with van der Waals surface area (Å²) in [6.45, 7) is 1.93. The first-order valence-electron chi connectivity index (χ1n) is 7.08. The lowest BCUT2D eigenvalue weighted by Gasteiger charge is -2.17. The highest BCUT2D eigenvalue weighted by Crippen LogP contribution is 2.31. The van der Waals surface area contributed by atoms with Crippen LogP contribution >= 0.6 is 0 Å². The summed E-state index contributed by atoms with van der Waals surface area (Å²) in [5.74, 6) is -1.37. The van der Waals surface area contributed by atoms with E-state index < -0.39 is 5.97 Å². The molecule has 110 valence electrons. The average Bonchev–Trinajstić information content (AvgIpc) is 2.53. The van der Waals surface area contributed by atoms with Crippen molar-refractivity contribution in [1.29, 1.82) is 0 Å². The van der Waals surface area contributed by atoms with Crippen molar-refractivity contribution in [3.63, 3.8) is 0 Å². The van der Waals surface area contributed by atoms with Crippen LogP contribution in [-0.2, 0) is 0 Å². The molecule has 3 aromatic carbocycles. The minimum atomic E-state index is -0.944. The van der Waals surface area contributed by atoms with E-state index >= 15 is 0 Å². The highest BCUT2D eigenvalue weighted by molar-refractivity contribution is 6.05. The van der Waals surface area contributed by atoms with Crippen molar-refractivity contribution in [3.8, 4) is 0 Å². The number of hydrogen-bond donors (Lipinski definition) is 1. The molecule has 22 heavy (non-hydrogen) atoms. The smallest absolute Gasteiger partial charge is 0.336 e. The van der Waals surface area contributed by atoms with Gasteiger partial charge in [-0.15, -0.1) is 0 Å². The van der Waals surface area contributed by atoms with Crippen molar-refractivity contribution < 1.29 is 14.3 Å². The molecule has 2 nitrogen and oxygen atoms in total. The summed E-state index contributed by atoms with van der Waals surface area (Å²) in [7, 11) is 0. The predicted molar refractivity (Wildman–Crippen MR) is 84.8 cm³/mol. The van der Waals surface area contributed by atoms with E-state index in [2.05, 4.69) is 0 Å². The standard InChI is InChI=1S/C19H15FO2/c1-12(13-6-9-15(20)10-7-13)16-11-8-14-4-2-3-5-17(14)18(16)19(21)22/h2-12H,1H3,(H,21,22). The van der Waals surface area contributed by atoms with Gasteiger partial charge in [0, 0.05) is 5.92 Å². The Kier molecular flexibility index (Phi) is 3.63. The Hall–Kier alpha value is -2.68. The first-order chi connectivity index (χ1) is 10.6. The summed E-state index contributed by atoms with van der Waals surface area (Å²) in [6.07, 6.45) is 0. The summed E-state index contributed by atoms with van der Waals surface area (Å²) < 4.78 is 13.1. The molecular formula is C19H15FO2. The van der Waals surface area contributed by atoms with Crippen LogP contribution < -0.4 is 0 Å². The van der Waals surface area contributed by atoms with Gasteiger partial charge in [0.1, 0.15) is 5.82 Å². The Morgan fingerprint density at radius 1 is 1.00 bits per heavy atom. The maximum atomic E-state index is 13.1. The maximum absolute atomic E-state index is 13.1. The topological polar surface area (TPSA) is 37.3 Å². The quantitative estimate of drug-likeness (QED) is 0.751. The lowest BCUT2D eigenvalue weighted by atomic mass is 9.87. The zero-order valence-corrected chi connectivity index (χ0v) is 12.1. The van der Waals surface area contributed by atoms with Crippen LogP contribution in [-0.4, -0.2) is 11.1 Å². The van der Waals surface area contributed by atoms with E-state index in [1.165, 1.54) is 12.1 Å². The lowest BCUT2D eigenvalue weighted by molar-refractivity contribution is 0.0697. The largest absolute Gasteiger partial charge is 0.478 e. The maximum Gasteiger partial charge on any atom is 0.336 e. The number of benzene rings is 3. The highest BCUT2D eigenvalue weighted by Gasteiger charge is 2.19. The second-order valence-electron chi connectivity index (χ2n) is 5.33. The fourth-order valence-electron chi connectivity index (χ4n) is 2.82. The first kappa shape index (κ1) is 14.3. The van der Waals surface area contributed by atoms with Crippen LogP contribution in [0.15, 0.2) is 60.7 Å². The third kappa shape index (κ3) is 2.46. The molecule has 0 spiro atoms. The zero-order chi connectivity index (χ0) is 15.7. The van der Waals surface area contributed by atoms with Gasteiger partial charge in [-0.25, -0.2) is 9.18 Å². The van der Waals surface area contributed by atoms with Gasteiger partial charge in [-0.05, 0) is 34.0 Å². The van der Waals surface area contributed by atoms with Crippen molar-refractivity contribution in [2.24, 2.45) is 0 Å². The Morgan fingerprint density at radius 2 is 1.68 bits per heavy atom. The fourth-order valence-corrected chi connectivity index (χ4v) is 2.82. The van der Waals surface area contributed by atoms with Crippen LogP contribution in [0.4, 0.5) is 4.39 Å². The van der Waals surface area contributed by atoms with Gasteiger partial charge in [0.2, 0.25) is 0 Å². The molecule has 0 radical (unpaired) electrons. The molecule has 3 aromatic rings. The third-order valence-electron chi connectivity index (χ3n) is 4.01. The summed E-state index contributed by atoms with van der Waals surface area (Å²) in [4.78, 5) is 11.8. The number of hydrogen-bond acceptors (Lipinski definition) is 1. The number of aromatic carboxylic acids is 1. The molecule has 0 saturated heterocycles. The van der Waals surface area contributed by atoms with E-state index in [-0.39, 0.29) is 11.7 Å². The van der Waals surface area contributed by atoms with Gasteiger partial charge in [-0.1, -0.05) is 55.5 Å². The molecule has 1 N–H and O–H groups in total. The summed E-state index contributed by atoms with van der Waals surface area (Å²) in [5, 5.41) is 11.3. The Balaban J connectivity index is 2.19. The minimum Gasteiger partial charge on any atom is -0.478 e. The summed E-state index contributed by atoms with van der Waals surface area (Å²) >= 11 is 0. The minimum absolute atomic E-state index is 0.128. The van der Waals surface area contributed by atoms with E-state index in [4.69, 9.17) is 0 Å². The van der Waals surface area contributed by atoms with Gasteiger partial charge >= 0.3 is 5.97 Å². The number of carboxylic acids is 1. The van der Waals surface area contributed by atoms with Crippen LogP contribution in [0.2, 0.25) is 0 Å². The normalized spacial score (nSPS) is 12.3. The number of carboxylic acid groups (broad SMARTS) is 1. The van der Waals surface area contributed by atoms with Crippen LogP contribution in [0.25, 0.3) is 10.8 Å². The molecule has 3 heteroatoms. The average molecular weight is 294 g/mol. The second kappa shape index (κ2) is 5.60. The highest BCUT2D eigenvalue weighted by atomic mass is 19.1. The van der Waals surface area contributed by atoms with Gasteiger partial charge in [-0.3, -0.25) is 0 Å². The van der Waals surface area contributed by atoms with Gasteiger partial charge in [-0.2, -0.15) is 0 Å². The van der Waals surface area contributed by atoms with Gasteiger partial charge < -0.3 is 5.11 Å². The Labute approximate surface area is 127 Å². The second-order valence-corrected chi connectivity index (χ2v) is 5.33. The van der Waals surface area contributed by atoms with Crippen LogP contribution in [0.3, 0.4) is 0 Å². The molecule has 0 saturated carbocycles. The molecule has 1 unspecified atom stereocenters. The van der Waals surface area contributed by atoms with Crippen molar-refractivity contribution in [1.82, 2.24) is 0 Å². The van der Waals surface area contributed by atoms with Gasteiger partial charge in [0.25, 0.3) is 0 Å². The molecule has 1 atom stereocenters. The van der Waals surface area contributed by atoms with Crippen LogP contribution in [0, 0.1) is 5.82 Å². The van der Waals surface area contributed by atoms with Crippen LogP contribution in [0.5, 0.6) is 0 Å². The molecule has 0 heterocycles. The first-order valence-corrected chi connectivity index (χ1v) is 7.08. The fraction of sp³-hybridized carbons (Fsp3) is 0.105. The third-order valence-corrected chi connectivity index (χ3v) is 4.01. The van der Waals surface area contributed by atoms with E-state index in [1.807, 2.05) is 43.3 Å². The number of halogens is 1. The summed E-state index contributed by atoms with van der Waals surface area (Å²) in [6, 6.07) is 17.4. The van der Waals surface area contributed by atoms with Crippen molar-refractivity contribution in [2.75, 3.05) is 0 Å². The molecule has 0 aliphatic carbocycles. The van der Waals surface area contributed by atoms with Crippen molar-refractivity contribution >= 4 is 16.7 Å². The number of carbonyl (C=O) groups is 1. The number of rotatable bonds is 3. The molecule has 0 bridgehead atoms. The SMILES string of the molecule is CC(c1ccc(F)cc1)c1ccc2ccccc2c1C(=O)O. The molecule has 3 rings (SSSR count).